The first-order valence-electron chi connectivity index (χ1n) is 7.16. The van der Waals surface area contributed by atoms with E-state index in [1.807, 2.05) is 30.5 Å². The Labute approximate surface area is 133 Å². The zero-order chi connectivity index (χ0) is 17.2. The minimum Gasteiger partial charge on any atom is -0.481 e. The van der Waals surface area contributed by atoms with Crippen molar-refractivity contribution in [3.05, 3.63) is 36.0 Å². The third kappa shape index (κ3) is 5.91. The Balaban J connectivity index is 0.000000322. The van der Waals surface area contributed by atoms with Gasteiger partial charge in [0.25, 0.3) is 0 Å². The highest BCUT2D eigenvalue weighted by atomic mass is 16.4. The maximum Gasteiger partial charge on any atom is 0.303 e. The molecule has 2 rings (SSSR count). The average Bonchev–Trinajstić information content (AvgIpc) is 2.94. The molecule has 0 spiro atoms. The van der Waals surface area contributed by atoms with Gasteiger partial charge in [-0.15, -0.1) is 0 Å². The van der Waals surface area contributed by atoms with Gasteiger partial charge in [0.15, 0.2) is 0 Å². The predicted molar refractivity (Wildman–Crippen MR) is 87.0 cm³/mol. The first-order valence-corrected chi connectivity index (χ1v) is 7.16. The monoisotopic (exact) mass is 319 g/mol. The van der Waals surface area contributed by atoms with Gasteiger partial charge in [0.1, 0.15) is 6.29 Å². The van der Waals surface area contributed by atoms with Gasteiger partial charge in [-0.05, 0) is 25.1 Å². The van der Waals surface area contributed by atoms with Crippen LogP contribution in [0.4, 0.5) is 0 Å². The summed E-state index contributed by atoms with van der Waals surface area (Å²) in [6, 6.07) is 7.69. The fourth-order valence-electron chi connectivity index (χ4n) is 2.05. The fraction of sp³-hybridized carbons (Fsp3) is 0.312. The van der Waals surface area contributed by atoms with Crippen LogP contribution in [0.2, 0.25) is 0 Å². The van der Waals surface area contributed by atoms with Crippen molar-refractivity contribution < 1.29 is 19.5 Å². The summed E-state index contributed by atoms with van der Waals surface area (Å²) >= 11 is 0. The van der Waals surface area contributed by atoms with Crippen molar-refractivity contribution in [2.45, 2.75) is 25.3 Å². The fourth-order valence-corrected chi connectivity index (χ4v) is 2.05. The van der Waals surface area contributed by atoms with Crippen LogP contribution in [0.3, 0.4) is 0 Å². The second-order valence-corrected chi connectivity index (χ2v) is 4.91. The van der Waals surface area contributed by atoms with Gasteiger partial charge in [-0.25, -0.2) is 0 Å². The lowest BCUT2D eigenvalue weighted by atomic mass is 10.0. The van der Waals surface area contributed by atoms with Crippen molar-refractivity contribution in [1.82, 2.24) is 10.3 Å². The average molecular weight is 319 g/mol. The Morgan fingerprint density at radius 1 is 1.39 bits per heavy atom. The largest absolute Gasteiger partial charge is 0.481 e. The molecule has 0 saturated carbocycles. The molecule has 0 radical (unpaired) electrons. The molecule has 0 aliphatic carbocycles. The molecule has 0 aliphatic rings. The first kappa shape index (κ1) is 18.4. The van der Waals surface area contributed by atoms with Crippen LogP contribution in [0.1, 0.15) is 18.4 Å². The molecule has 1 amide bonds. The van der Waals surface area contributed by atoms with Gasteiger partial charge in [-0.1, -0.05) is 18.2 Å². The zero-order valence-corrected chi connectivity index (χ0v) is 12.9. The molecule has 7 nitrogen and oxygen atoms in total. The topological polar surface area (TPSA) is 125 Å². The van der Waals surface area contributed by atoms with Crippen LogP contribution < -0.4 is 11.1 Å². The molecular formula is C16H21N3O4. The summed E-state index contributed by atoms with van der Waals surface area (Å²) in [5, 5.41) is 11.9. The minimum atomic E-state index is -0.924. The van der Waals surface area contributed by atoms with Gasteiger partial charge in [0, 0.05) is 23.5 Å². The molecule has 1 atom stereocenters. The smallest absolute Gasteiger partial charge is 0.303 e. The number of carbonyl (C=O) groups excluding carboxylic acids is 2. The highest BCUT2D eigenvalue weighted by Crippen LogP contribution is 2.18. The minimum absolute atomic E-state index is 0.0521. The van der Waals surface area contributed by atoms with Crippen molar-refractivity contribution in [2.24, 2.45) is 5.73 Å². The summed E-state index contributed by atoms with van der Waals surface area (Å²) in [6.45, 7) is 0. The van der Waals surface area contributed by atoms with Crippen LogP contribution >= 0.6 is 0 Å². The number of amides is 1. The number of carbonyl (C=O) groups is 3. The van der Waals surface area contributed by atoms with E-state index in [4.69, 9.17) is 10.8 Å². The Morgan fingerprint density at radius 3 is 2.61 bits per heavy atom. The summed E-state index contributed by atoms with van der Waals surface area (Å²) in [7, 11) is 1.74. The molecule has 1 heterocycles. The number of carboxylic acids is 1. The summed E-state index contributed by atoms with van der Waals surface area (Å²) in [4.78, 5) is 33.4. The second-order valence-electron chi connectivity index (χ2n) is 4.91. The number of carboxylic acid groups (broad SMARTS) is 1. The normalized spacial score (nSPS) is 11.3. The van der Waals surface area contributed by atoms with Crippen molar-refractivity contribution in [3.8, 4) is 0 Å². The van der Waals surface area contributed by atoms with E-state index in [2.05, 4.69) is 10.3 Å². The number of primary amides is 1. The van der Waals surface area contributed by atoms with Gasteiger partial charge in [0.05, 0.1) is 12.5 Å². The lowest BCUT2D eigenvalue weighted by Gasteiger charge is -2.10. The molecule has 1 aromatic heterocycles. The van der Waals surface area contributed by atoms with Gasteiger partial charge in [-0.2, -0.15) is 0 Å². The van der Waals surface area contributed by atoms with E-state index in [1.165, 1.54) is 0 Å². The number of hydrogen-bond acceptors (Lipinski definition) is 4. The number of aromatic nitrogens is 1. The Morgan fingerprint density at radius 2 is 2.09 bits per heavy atom. The second kappa shape index (κ2) is 9.37. The molecule has 0 fully saturated rings. The number of fused-ring (bicyclic) bond motifs is 1. The van der Waals surface area contributed by atoms with E-state index in [1.54, 1.807) is 7.05 Å². The number of likely N-dealkylation sites (N-methyl/N-ethyl adjacent to an activating group) is 1. The molecule has 5 N–H and O–H groups in total. The van der Waals surface area contributed by atoms with Crippen molar-refractivity contribution in [1.29, 1.82) is 0 Å². The summed E-state index contributed by atoms with van der Waals surface area (Å²) in [5.41, 5.74) is 7.48. The van der Waals surface area contributed by atoms with Crippen LogP contribution in [-0.2, 0) is 20.8 Å². The van der Waals surface area contributed by atoms with Gasteiger partial charge >= 0.3 is 5.97 Å². The first-order chi connectivity index (χ1) is 11.0. The van der Waals surface area contributed by atoms with Crippen molar-refractivity contribution >= 4 is 29.1 Å². The zero-order valence-electron chi connectivity index (χ0n) is 12.9. The number of aliphatic carboxylic acids is 1. The van der Waals surface area contributed by atoms with Gasteiger partial charge in [-0.3, -0.25) is 9.59 Å². The molecule has 0 aliphatic heterocycles. The van der Waals surface area contributed by atoms with Crippen molar-refractivity contribution in [3.63, 3.8) is 0 Å². The van der Waals surface area contributed by atoms with E-state index >= 15 is 0 Å². The van der Waals surface area contributed by atoms with E-state index in [0.717, 1.165) is 16.5 Å². The number of hydrogen-bond donors (Lipinski definition) is 4. The van der Waals surface area contributed by atoms with E-state index in [0.29, 0.717) is 12.7 Å². The molecule has 1 unspecified atom stereocenters. The van der Waals surface area contributed by atoms with Crippen LogP contribution in [0.15, 0.2) is 30.5 Å². The van der Waals surface area contributed by atoms with Crippen LogP contribution in [-0.4, -0.2) is 41.3 Å². The highest BCUT2D eigenvalue weighted by Gasteiger charge is 2.15. The van der Waals surface area contributed by atoms with E-state index in [-0.39, 0.29) is 24.8 Å². The Hall–Kier alpha value is -2.67. The molecular weight excluding hydrogens is 298 g/mol. The number of benzene rings is 1. The number of aldehydes is 1. The van der Waals surface area contributed by atoms with E-state index in [9.17, 15) is 14.4 Å². The van der Waals surface area contributed by atoms with Gasteiger partial charge < -0.3 is 25.9 Å². The number of rotatable bonds is 7. The lowest BCUT2D eigenvalue weighted by Crippen LogP contribution is -2.40. The predicted octanol–water partition coefficient (Wildman–Crippen LogP) is 0.834. The maximum atomic E-state index is 11.1. The van der Waals surface area contributed by atoms with Crippen LogP contribution in [0.5, 0.6) is 0 Å². The van der Waals surface area contributed by atoms with E-state index < -0.39 is 5.97 Å². The van der Waals surface area contributed by atoms with Crippen molar-refractivity contribution in [2.75, 3.05) is 7.05 Å². The van der Waals surface area contributed by atoms with Gasteiger partial charge in [0.2, 0.25) is 5.91 Å². The molecule has 23 heavy (non-hydrogen) atoms. The molecule has 2 aromatic rings. The third-order valence-electron chi connectivity index (χ3n) is 3.27. The summed E-state index contributed by atoms with van der Waals surface area (Å²) in [6.07, 6.45) is 3.20. The molecule has 0 saturated heterocycles. The highest BCUT2D eigenvalue weighted by molar-refractivity contribution is 5.85. The molecule has 0 bridgehead atoms. The number of para-hydroxylation sites is 1. The number of aromatic amines is 1. The Kier molecular flexibility index (Phi) is 7.49. The third-order valence-corrected chi connectivity index (χ3v) is 3.27. The summed E-state index contributed by atoms with van der Waals surface area (Å²) < 4.78 is 0. The van der Waals surface area contributed by atoms with Crippen LogP contribution in [0.25, 0.3) is 10.9 Å². The maximum absolute atomic E-state index is 11.1. The Bertz CT molecular complexity index is 666. The standard InChI is InChI=1S/C12H15N3O.C4H6O3/c1-14-11(12(13)16)6-8-7-15-10-5-3-2-4-9(8)10;5-3-1-2-4(6)7/h2-5,7,11,14-15H,6H2,1H3,(H2,13,16);3H,1-2H2,(H,6,7). The number of nitrogens with one attached hydrogen (secondary N) is 2. The number of H-pyrrole nitrogens is 1. The lowest BCUT2D eigenvalue weighted by molar-refractivity contribution is -0.137. The summed E-state index contributed by atoms with van der Waals surface area (Å²) in [5.74, 6) is -1.25. The number of nitrogens with two attached hydrogens (primary N) is 1. The quantitative estimate of drug-likeness (QED) is 0.563. The SMILES string of the molecule is CNC(Cc1c[nH]c2ccccc12)C(N)=O.O=CCCC(=O)O. The molecule has 7 heteroatoms. The van der Waals surface area contributed by atoms with Crippen LogP contribution in [0, 0.1) is 0 Å². The molecule has 1 aromatic carbocycles. The molecule has 124 valence electrons.